The summed E-state index contributed by atoms with van der Waals surface area (Å²) in [5.74, 6) is 0.739. The summed E-state index contributed by atoms with van der Waals surface area (Å²) in [7, 11) is 6.50. The maximum Gasteiger partial charge on any atom is 0.0483 e. The van der Waals surface area contributed by atoms with Crippen molar-refractivity contribution < 1.29 is 0 Å². The van der Waals surface area contributed by atoms with Crippen LogP contribution in [0.1, 0.15) is 24.3 Å². The van der Waals surface area contributed by atoms with Gasteiger partial charge in [0.05, 0.1) is 0 Å². The monoisotopic (exact) mass is 285 g/mol. The van der Waals surface area contributed by atoms with Crippen LogP contribution in [0.2, 0.25) is 0 Å². The molecule has 3 rings (SSSR count). The number of piperidine rings is 1. The van der Waals surface area contributed by atoms with Gasteiger partial charge < -0.3 is 14.4 Å². The van der Waals surface area contributed by atoms with E-state index in [0.29, 0.717) is 0 Å². The first-order chi connectivity index (χ1) is 10.1. The number of nitrogens with zero attached hydrogens (tertiary/aromatic N) is 3. The van der Waals surface area contributed by atoms with Crippen LogP contribution in [-0.2, 0) is 6.54 Å². The molecule has 114 valence electrons. The zero-order valence-corrected chi connectivity index (χ0v) is 13.5. The third kappa shape index (κ3) is 3.30. The van der Waals surface area contributed by atoms with Crippen LogP contribution in [0.5, 0.6) is 0 Å². The lowest BCUT2D eigenvalue weighted by atomic mass is 9.89. The Morgan fingerprint density at radius 3 is 2.62 bits per heavy atom. The number of likely N-dealkylation sites (tertiary alicyclic amines) is 1. The molecule has 0 spiro atoms. The van der Waals surface area contributed by atoms with E-state index in [1.54, 1.807) is 0 Å². The Bertz CT molecular complexity index is 592. The van der Waals surface area contributed by atoms with Crippen molar-refractivity contribution in [1.29, 1.82) is 0 Å². The summed E-state index contributed by atoms with van der Waals surface area (Å²) in [6.07, 6.45) is 4.81. The lowest BCUT2D eigenvalue weighted by molar-refractivity contribution is 0.255. The Hall–Kier alpha value is -1.32. The second-order valence-corrected chi connectivity index (χ2v) is 6.71. The van der Waals surface area contributed by atoms with Crippen LogP contribution in [0, 0.1) is 0 Å². The molecule has 0 unspecified atom stereocenters. The fourth-order valence-electron chi connectivity index (χ4n) is 3.30. The van der Waals surface area contributed by atoms with Crippen molar-refractivity contribution in [1.82, 2.24) is 14.4 Å². The maximum absolute atomic E-state index is 2.44. The molecule has 0 radical (unpaired) electrons. The Morgan fingerprint density at radius 2 is 1.90 bits per heavy atom. The number of rotatable bonds is 4. The largest absolute Gasteiger partial charge is 0.346 e. The third-order valence-corrected chi connectivity index (χ3v) is 4.78. The molecule has 2 aromatic rings. The zero-order valence-electron chi connectivity index (χ0n) is 13.5. The van der Waals surface area contributed by atoms with E-state index in [2.05, 4.69) is 66.0 Å². The molecule has 1 aromatic heterocycles. The topological polar surface area (TPSA) is 11.4 Å². The van der Waals surface area contributed by atoms with Crippen molar-refractivity contribution in [3.63, 3.8) is 0 Å². The molecule has 0 aliphatic carbocycles. The van der Waals surface area contributed by atoms with Gasteiger partial charge in [-0.2, -0.15) is 0 Å². The Kier molecular flexibility index (Phi) is 4.32. The molecule has 0 amide bonds. The first kappa shape index (κ1) is 14.6. The second-order valence-electron chi connectivity index (χ2n) is 6.71. The summed E-state index contributed by atoms with van der Waals surface area (Å²) in [4.78, 5) is 4.68. The maximum atomic E-state index is 2.44. The van der Waals surface area contributed by atoms with Gasteiger partial charge in [-0.05, 0) is 76.1 Å². The predicted octanol–water partition coefficient (Wildman–Crippen LogP) is 3.01. The van der Waals surface area contributed by atoms with Gasteiger partial charge in [-0.3, -0.25) is 0 Å². The summed E-state index contributed by atoms with van der Waals surface area (Å²) in [6, 6.07) is 9.31. The summed E-state index contributed by atoms with van der Waals surface area (Å²) >= 11 is 0. The normalized spacial score (nSPS) is 17.9. The molecular formula is C18H27N3. The van der Waals surface area contributed by atoms with Gasteiger partial charge in [0.1, 0.15) is 0 Å². The van der Waals surface area contributed by atoms with E-state index in [4.69, 9.17) is 0 Å². The first-order valence-electron chi connectivity index (χ1n) is 8.05. The average molecular weight is 285 g/mol. The highest BCUT2D eigenvalue weighted by atomic mass is 15.1. The highest BCUT2D eigenvalue weighted by Crippen LogP contribution is 2.30. The van der Waals surface area contributed by atoms with Crippen molar-refractivity contribution in [3.05, 3.63) is 36.0 Å². The van der Waals surface area contributed by atoms with Crippen LogP contribution >= 0.6 is 0 Å². The lowest BCUT2D eigenvalue weighted by Crippen LogP contribution is -2.29. The molecule has 0 saturated carbocycles. The minimum absolute atomic E-state index is 0.739. The summed E-state index contributed by atoms with van der Waals surface area (Å²) in [5, 5.41) is 1.37. The highest BCUT2D eigenvalue weighted by molar-refractivity contribution is 5.81. The SMILES string of the molecule is CN(C)CCn1ccc2ccc(C3CCN(C)CC3)cc21. The quantitative estimate of drug-likeness (QED) is 0.855. The third-order valence-electron chi connectivity index (χ3n) is 4.78. The molecule has 3 heteroatoms. The number of hydrogen-bond donors (Lipinski definition) is 0. The van der Waals surface area contributed by atoms with E-state index in [0.717, 1.165) is 19.0 Å². The number of aromatic nitrogens is 1. The van der Waals surface area contributed by atoms with Gasteiger partial charge in [-0.1, -0.05) is 12.1 Å². The summed E-state index contributed by atoms with van der Waals surface area (Å²) in [6.45, 7) is 4.60. The number of likely N-dealkylation sites (N-methyl/N-ethyl adjacent to an activating group) is 1. The molecule has 21 heavy (non-hydrogen) atoms. The fraction of sp³-hybridized carbons (Fsp3) is 0.556. The number of benzene rings is 1. The van der Waals surface area contributed by atoms with Crippen LogP contribution < -0.4 is 0 Å². The summed E-state index contributed by atoms with van der Waals surface area (Å²) in [5.41, 5.74) is 2.92. The Balaban J connectivity index is 1.82. The second kappa shape index (κ2) is 6.20. The van der Waals surface area contributed by atoms with Crippen molar-refractivity contribution in [2.45, 2.75) is 25.3 Å². The average Bonchev–Trinajstić information content (AvgIpc) is 2.88. The van der Waals surface area contributed by atoms with E-state index >= 15 is 0 Å². The van der Waals surface area contributed by atoms with Crippen LogP contribution in [0.15, 0.2) is 30.5 Å². The molecule has 0 bridgehead atoms. The zero-order chi connectivity index (χ0) is 14.8. The first-order valence-corrected chi connectivity index (χ1v) is 8.05. The van der Waals surface area contributed by atoms with Crippen LogP contribution in [0.25, 0.3) is 10.9 Å². The van der Waals surface area contributed by atoms with Gasteiger partial charge in [0, 0.05) is 24.8 Å². The van der Waals surface area contributed by atoms with Gasteiger partial charge in [0.15, 0.2) is 0 Å². The van der Waals surface area contributed by atoms with Crippen LogP contribution in [0.4, 0.5) is 0 Å². The molecule has 1 aliphatic heterocycles. The smallest absolute Gasteiger partial charge is 0.0483 e. The van der Waals surface area contributed by atoms with E-state index in [1.165, 1.54) is 42.4 Å². The van der Waals surface area contributed by atoms with E-state index < -0.39 is 0 Å². The van der Waals surface area contributed by atoms with Crippen molar-refractivity contribution >= 4 is 10.9 Å². The van der Waals surface area contributed by atoms with Crippen molar-refractivity contribution in [3.8, 4) is 0 Å². The molecule has 2 heterocycles. The standard InChI is InChI=1S/C18H27N3/c1-19(2)12-13-21-11-8-16-4-5-17(14-18(16)21)15-6-9-20(3)10-7-15/h4-5,8,11,14-15H,6-7,9-10,12-13H2,1-3H3. The predicted molar refractivity (Wildman–Crippen MR) is 90.0 cm³/mol. The van der Waals surface area contributed by atoms with E-state index in [9.17, 15) is 0 Å². The van der Waals surface area contributed by atoms with E-state index in [1.807, 2.05) is 0 Å². The minimum Gasteiger partial charge on any atom is -0.346 e. The fourth-order valence-corrected chi connectivity index (χ4v) is 3.30. The Labute approximate surface area is 128 Å². The number of hydrogen-bond acceptors (Lipinski definition) is 2. The van der Waals surface area contributed by atoms with Crippen LogP contribution in [-0.4, -0.2) is 55.1 Å². The molecule has 0 atom stereocenters. The van der Waals surface area contributed by atoms with Gasteiger partial charge >= 0.3 is 0 Å². The minimum atomic E-state index is 0.739. The van der Waals surface area contributed by atoms with Gasteiger partial charge in [0.25, 0.3) is 0 Å². The summed E-state index contributed by atoms with van der Waals surface area (Å²) < 4.78 is 2.40. The van der Waals surface area contributed by atoms with Crippen molar-refractivity contribution in [2.75, 3.05) is 40.8 Å². The van der Waals surface area contributed by atoms with Crippen LogP contribution in [0.3, 0.4) is 0 Å². The molecule has 0 N–H and O–H groups in total. The van der Waals surface area contributed by atoms with Gasteiger partial charge in [-0.15, -0.1) is 0 Å². The van der Waals surface area contributed by atoms with Gasteiger partial charge in [-0.25, -0.2) is 0 Å². The molecule has 1 aliphatic rings. The highest BCUT2D eigenvalue weighted by Gasteiger charge is 2.18. The molecular weight excluding hydrogens is 258 g/mol. The molecule has 1 aromatic carbocycles. The molecule has 1 fully saturated rings. The van der Waals surface area contributed by atoms with Gasteiger partial charge in [0.2, 0.25) is 0 Å². The lowest BCUT2D eigenvalue weighted by Gasteiger charge is -2.29. The Morgan fingerprint density at radius 1 is 1.14 bits per heavy atom. The molecule has 3 nitrogen and oxygen atoms in total. The van der Waals surface area contributed by atoms with Crippen molar-refractivity contribution in [2.24, 2.45) is 0 Å². The number of fused-ring (bicyclic) bond motifs is 1. The van der Waals surface area contributed by atoms with E-state index in [-0.39, 0.29) is 0 Å². The molecule has 1 saturated heterocycles.